The molecule has 1 unspecified atom stereocenters. The van der Waals surface area contributed by atoms with Crippen molar-refractivity contribution in [2.24, 2.45) is 0 Å². The standard InChI is InChI=1S/C15H22N6O2/c22-13(9-20-5-6-21(15(20)23)11-1-2-11)18-12-8-17-19-14(12)10-3-4-16-7-10/h8,10-11,16H,1-7,9H2,(H,17,19)(H,18,22). The van der Waals surface area contributed by atoms with Crippen LogP contribution in [0.1, 0.15) is 30.9 Å². The molecule has 3 N–H and O–H groups in total. The second-order valence-corrected chi connectivity index (χ2v) is 6.56. The summed E-state index contributed by atoms with van der Waals surface area (Å²) in [6, 6.07) is 0.404. The second-order valence-electron chi connectivity index (χ2n) is 6.56. The summed E-state index contributed by atoms with van der Waals surface area (Å²) in [6.45, 7) is 3.35. The normalized spacial score (nSPS) is 24.5. The highest BCUT2D eigenvalue weighted by molar-refractivity contribution is 5.95. The maximum atomic E-state index is 12.3. The van der Waals surface area contributed by atoms with Crippen molar-refractivity contribution in [3.8, 4) is 0 Å². The third kappa shape index (κ3) is 2.90. The van der Waals surface area contributed by atoms with E-state index in [4.69, 9.17) is 0 Å². The summed E-state index contributed by atoms with van der Waals surface area (Å²) in [5.41, 5.74) is 1.70. The molecule has 0 aromatic carbocycles. The highest BCUT2D eigenvalue weighted by Crippen LogP contribution is 2.30. The fourth-order valence-corrected chi connectivity index (χ4v) is 3.44. The van der Waals surface area contributed by atoms with E-state index in [1.54, 1.807) is 11.1 Å². The third-order valence-electron chi connectivity index (χ3n) is 4.86. The van der Waals surface area contributed by atoms with E-state index >= 15 is 0 Å². The van der Waals surface area contributed by atoms with Gasteiger partial charge in [-0.2, -0.15) is 5.10 Å². The molecule has 4 rings (SSSR count). The molecule has 23 heavy (non-hydrogen) atoms. The van der Waals surface area contributed by atoms with Crippen LogP contribution in [0.3, 0.4) is 0 Å². The van der Waals surface area contributed by atoms with E-state index < -0.39 is 0 Å². The van der Waals surface area contributed by atoms with Crippen molar-refractivity contribution in [1.82, 2.24) is 25.3 Å². The Morgan fingerprint density at radius 3 is 2.96 bits per heavy atom. The lowest BCUT2D eigenvalue weighted by atomic mass is 10.0. The zero-order valence-corrected chi connectivity index (χ0v) is 13.0. The monoisotopic (exact) mass is 318 g/mol. The summed E-state index contributed by atoms with van der Waals surface area (Å²) in [4.78, 5) is 28.1. The molecule has 3 heterocycles. The van der Waals surface area contributed by atoms with Crippen LogP contribution in [-0.2, 0) is 4.79 Å². The van der Waals surface area contributed by atoms with E-state index in [0.29, 0.717) is 18.5 Å². The Morgan fingerprint density at radius 2 is 2.22 bits per heavy atom. The second kappa shape index (κ2) is 5.84. The molecule has 2 saturated heterocycles. The summed E-state index contributed by atoms with van der Waals surface area (Å²) in [5, 5.41) is 13.3. The molecule has 0 bridgehead atoms. The Hall–Kier alpha value is -2.09. The van der Waals surface area contributed by atoms with Crippen molar-refractivity contribution in [2.45, 2.75) is 31.2 Å². The molecule has 1 aromatic rings. The number of anilines is 1. The van der Waals surface area contributed by atoms with E-state index in [1.807, 2.05) is 4.90 Å². The molecular weight excluding hydrogens is 296 g/mol. The number of urea groups is 1. The van der Waals surface area contributed by atoms with Crippen LogP contribution in [0.5, 0.6) is 0 Å². The number of H-pyrrole nitrogens is 1. The minimum Gasteiger partial charge on any atom is -0.322 e. The molecule has 3 fully saturated rings. The molecule has 3 amide bonds. The molecule has 0 spiro atoms. The van der Waals surface area contributed by atoms with Gasteiger partial charge in [-0.15, -0.1) is 0 Å². The van der Waals surface area contributed by atoms with Gasteiger partial charge in [0.05, 0.1) is 17.6 Å². The number of nitrogens with zero attached hydrogens (tertiary/aromatic N) is 3. The first-order valence-electron chi connectivity index (χ1n) is 8.32. The van der Waals surface area contributed by atoms with Gasteiger partial charge >= 0.3 is 6.03 Å². The Morgan fingerprint density at radius 1 is 1.35 bits per heavy atom. The molecule has 1 aliphatic carbocycles. The fraction of sp³-hybridized carbons (Fsp3) is 0.667. The molecule has 1 atom stereocenters. The summed E-state index contributed by atoms with van der Waals surface area (Å²) in [6.07, 6.45) is 4.87. The SMILES string of the molecule is O=C(CN1CCN(C2CC2)C1=O)Nc1cn[nH]c1C1CCNC1. The maximum absolute atomic E-state index is 12.3. The average Bonchev–Trinajstić information content (AvgIpc) is 2.93. The van der Waals surface area contributed by atoms with Gasteiger partial charge in [0.15, 0.2) is 0 Å². The lowest BCUT2D eigenvalue weighted by Gasteiger charge is -2.18. The van der Waals surface area contributed by atoms with E-state index in [1.165, 1.54) is 0 Å². The lowest BCUT2D eigenvalue weighted by Crippen LogP contribution is -2.38. The molecule has 1 aromatic heterocycles. The van der Waals surface area contributed by atoms with Crippen molar-refractivity contribution in [3.05, 3.63) is 11.9 Å². The van der Waals surface area contributed by atoms with E-state index in [2.05, 4.69) is 20.8 Å². The van der Waals surface area contributed by atoms with Gasteiger partial charge in [0.1, 0.15) is 6.54 Å². The molecule has 0 radical (unpaired) electrons. The minimum atomic E-state index is -0.162. The van der Waals surface area contributed by atoms with Gasteiger partial charge in [-0.05, 0) is 25.8 Å². The Bertz CT molecular complexity index is 605. The van der Waals surface area contributed by atoms with E-state index in [-0.39, 0.29) is 18.5 Å². The van der Waals surface area contributed by atoms with Crippen LogP contribution in [0.25, 0.3) is 0 Å². The summed E-state index contributed by atoms with van der Waals surface area (Å²) < 4.78 is 0. The Balaban J connectivity index is 1.35. The maximum Gasteiger partial charge on any atom is 0.320 e. The smallest absolute Gasteiger partial charge is 0.320 e. The van der Waals surface area contributed by atoms with Crippen molar-refractivity contribution < 1.29 is 9.59 Å². The number of hydrogen-bond acceptors (Lipinski definition) is 4. The minimum absolute atomic E-state index is 0.00457. The van der Waals surface area contributed by atoms with Gasteiger partial charge < -0.3 is 20.4 Å². The Kier molecular flexibility index (Phi) is 3.68. The van der Waals surface area contributed by atoms with Crippen LogP contribution in [0, 0.1) is 0 Å². The predicted molar refractivity (Wildman–Crippen MR) is 84.1 cm³/mol. The van der Waals surface area contributed by atoms with Gasteiger partial charge in [-0.25, -0.2) is 4.79 Å². The van der Waals surface area contributed by atoms with Gasteiger partial charge in [0.2, 0.25) is 5.91 Å². The molecule has 1 saturated carbocycles. The van der Waals surface area contributed by atoms with Gasteiger partial charge in [0.25, 0.3) is 0 Å². The summed E-state index contributed by atoms with van der Waals surface area (Å²) in [7, 11) is 0. The first-order chi connectivity index (χ1) is 11.2. The first-order valence-corrected chi connectivity index (χ1v) is 8.32. The average molecular weight is 318 g/mol. The van der Waals surface area contributed by atoms with Crippen LogP contribution in [0.4, 0.5) is 10.5 Å². The van der Waals surface area contributed by atoms with Crippen LogP contribution < -0.4 is 10.6 Å². The topological polar surface area (TPSA) is 93.4 Å². The molecule has 2 aliphatic heterocycles. The molecule has 3 aliphatic rings. The predicted octanol–water partition coefficient (Wildman–Crippen LogP) is 0.325. The van der Waals surface area contributed by atoms with Crippen LogP contribution in [0.2, 0.25) is 0 Å². The number of rotatable bonds is 5. The zero-order chi connectivity index (χ0) is 15.8. The molecule has 8 heteroatoms. The number of nitrogens with one attached hydrogen (secondary N) is 3. The van der Waals surface area contributed by atoms with Crippen LogP contribution in [-0.4, -0.2) is 70.7 Å². The number of carbonyl (C=O) groups excluding carboxylic acids is 2. The zero-order valence-electron chi connectivity index (χ0n) is 13.0. The quantitative estimate of drug-likeness (QED) is 0.729. The van der Waals surface area contributed by atoms with E-state index in [9.17, 15) is 9.59 Å². The van der Waals surface area contributed by atoms with Crippen LogP contribution >= 0.6 is 0 Å². The lowest BCUT2D eigenvalue weighted by molar-refractivity contribution is -0.116. The van der Waals surface area contributed by atoms with Crippen molar-refractivity contribution in [1.29, 1.82) is 0 Å². The number of aromatic amines is 1. The Labute approximate surface area is 134 Å². The van der Waals surface area contributed by atoms with Crippen molar-refractivity contribution in [2.75, 3.05) is 38.0 Å². The molecule has 124 valence electrons. The molecular formula is C15H22N6O2. The number of hydrogen-bond donors (Lipinski definition) is 3. The number of amides is 3. The summed E-state index contributed by atoms with van der Waals surface area (Å²) in [5.74, 6) is 0.191. The number of carbonyl (C=O) groups is 2. The molecule has 8 nitrogen and oxygen atoms in total. The van der Waals surface area contributed by atoms with Crippen molar-refractivity contribution >= 4 is 17.6 Å². The van der Waals surface area contributed by atoms with Crippen LogP contribution in [0.15, 0.2) is 6.20 Å². The first kappa shape index (κ1) is 14.5. The number of aromatic nitrogens is 2. The van der Waals surface area contributed by atoms with Crippen molar-refractivity contribution in [3.63, 3.8) is 0 Å². The fourth-order valence-electron chi connectivity index (χ4n) is 3.44. The van der Waals surface area contributed by atoms with Gasteiger partial charge in [-0.1, -0.05) is 0 Å². The summed E-state index contributed by atoms with van der Waals surface area (Å²) >= 11 is 0. The van der Waals surface area contributed by atoms with Gasteiger partial charge in [-0.3, -0.25) is 9.89 Å². The highest BCUT2D eigenvalue weighted by atomic mass is 16.2. The van der Waals surface area contributed by atoms with Gasteiger partial charge in [0, 0.05) is 31.6 Å². The third-order valence-corrected chi connectivity index (χ3v) is 4.86. The highest BCUT2D eigenvalue weighted by Gasteiger charge is 2.39. The van der Waals surface area contributed by atoms with E-state index in [0.717, 1.165) is 50.3 Å². The largest absolute Gasteiger partial charge is 0.322 e.